The number of rotatable bonds is 12. The van der Waals surface area contributed by atoms with Crippen molar-refractivity contribution in [3.63, 3.8) is 0 Å². The summed E-state index contributed by atoms with van der Waals surface area (Å²) in [4.78, 5) is 28.4. The van der Waals surface area contributed by atoms with Crippen molar-refractivity contribution in [2.45, 2.75) is 62.7 Å². The van der Waals surface area contributed by atoms with Crippen molar-refractivity contribution >= 4 is 33.4 Å². The molecule has 1 atom stereocenters. The van der Waals surface area contributed by atoms with E-state index in [1.165, 1.54) is 0 Å². The minimum Gasteiger partial charge on any atom is -0.454 e. The van der Waals surface area contributed by atoms with Gasteiger partial charge in [0.2, 0.25) is 28.6 Å². The predicted molar refractivity (Wildman–Crippen MR) is 154 cm³/mol. The Morgan fingerprint density at radius 1 is 0.951 bits per heavy atom. The summed E-state index contributed by atoms with van der Waals surface area (Å²) in [5, 5.41) is 3.50. The summed E-state index contributed by atoms with van der Waals surface area (Å²) in [5.41, 5.74) is 2.52. The number of amides is 2. The van der Waals surface area contributed by atoms with Crippen molar-refractivity contribution in [1.82, 2.24) is 14.9 Å². The van der Waals surface area contributed by atoms with Crippen LogP contribution in [-0.4, -0.2) is 44.0 Å². The topological polar surface area (TPSA) is 114 Å². The molecule has 216 valence electrons. The third-order valence-electron chi connectivity index (χ3n) is 7.10. The standard InChI is InChI=1S/C30H32ClN3O6S/c1-20(30(36)32-17-23-6-14-27-28(16-23)40-19-39-27)34(18-22-2-8-24(31)9-3-22)29(35)15-7-21-4-12-26(13-5-21)41(37,38)33-25-10-11-25/h2-6,8-9,12-14,16,20,25,33H,7,10-11,15,17-19H2,1H3,(H,32,36). The van der Waals surface area contributed by atoms with Crippen molar-refractivity contribution in [3.05, 3.63) is 88.4 Å². The van der Waals surface area contributed by atoms with Crippen LogP contribution in [0.15, 0.2) is 71.6 Å². The molecule has 1 aliphatic carbocycles. The zero-order chi connectivity index (χ0) is 29.0. The Kier molecular flexibility index (Phi) is 8.82. The summed E-state index contributed by atoms with van der Waals surface area (Å²) in [5.74, 6) is 0.814. The fraction of sp³-hybridized carbons (Fsp3) is 0.333. The van der Waals surface area contributed by atoms with Crippen molar-refractivity contribution < 1.29 is 27.5 Å². The molecule has 0 bridgehead atoms. The number of benzene rings is 3. The molecule has 5 rings (SSSR count). The number of nitrogens with one attached hydrogen (secondary N) is 2. The number of nitrogens with zero attached hydrogens (tertiary/aromatic N) is 1. The molecule has 1 aliphatic heterocycles. The van der Waals surface area contributed by atoms with Crippen LogP contribution in [0.25, 0.3) is 0 Å². The highest BCUT2D eigenvalue weighted by Gasteiger charge is 2.28. The van der Waals surface area contributed by atoms with Crippen LogP contribution in [0, 0.1) is 0 Å². The Morgan fingerprint density at radius 2 is 1.61 bits per heavy atom. The highest BCUT2D eigenvalue weighted by molar-refractivity contribution is 7.89. The second kappa shape index (κ2) is 12.5. The zero-order valence-corrected chi connectivity index (χ0v) is 24.2. The van der Waals surface area contributed by atoms with Gasteiger partial charge in [-0.05, 0) is 79.3 Å². The van der Waals surface area contributed by atoms with Crippen molar-refractivity contribution in [2.75, 3.05) is 6.79 Å². The number of carbonyl (C=O) groups excluding carboxylic acids is 2. The molecule has 41 heavy (non-hydrogen) atoms. The van der Waals surface area contributed by atoms with E-state index in [0.717, 1.165) is 29.5 Å². The van der Waals surface area contributed by atoms with Crippen molar-refractivity contribution in [3.8, 4) is 11.5 Å². The molecular weight excluding hydrogens is 566 g/mol. The maximum atomic E-state index is 13.5. The molecule has 0 spiro atoms. The molecule has 11 heteroatoms. The average Bonchev–Trinajstić information content (AvgIpc) is 3.65. The van der Waals surface area contributed by atoms with E-state index in [-0.39, 0.29) is 49.1 Å². The molecule has 3 aromatic rings. The summed E-state index contributed by atoms with van der Waals surface area (Å²) in [6.45, 7) is 2.38. The van der Waals surface area contributed by atoms with E-state index >= 15 is 0 Å². The number of ether oxygens (including phenoxy) is 2. The number of hydrogen-bond donors (Lipinski definition) is 2. The van der Waals surface area contributed by atoms with Crippen LogP contribution in [0.5, 0.6) is 11.5 Å². The van der Waals surface area contributed by atoms with Gasteiger partial charge in [-0.25, -0.2) is 13.1 Å². The molecule has 1 heterocycles. The number of hydrogen-bond acceptors (Lipinski definition) is 6. The summed E-state index contributed by atoms with van der Waals surface area (Å²) in [6, 6.07) is 18.5. The highest BCUT2D eigenvalue weighted by atomic mass is 35.5. The maximum Gasteiger partial charge on any atom is 0.242 e. The summed E-state index contributed by atoms with van der Waals surface area (Å²) >= 11 is 6.04. The Morgan fingerprint density at radius 3 is 2.32 bits per heavy atom. The molecule has 1 unspecified atom stereocenters. The first-order chi connectivity index (χ1) is 19.7. The molecule has 1 fully saturated rings. The lowest BCUT2D eigenvalue weighted by Gasteiger charge is -2.29. The van der Waals surface area contributed by atoms with Gasteiger partial charge in [0.15, 0.2) is 11.5 Å². The first kappa shape index (κ1) is 28.9. The zero-order valence-electron chi connectivity index (χ0n) is 22.6. The molecule has 0 saturated heterocycles. The first-order valence-corrected chi connectivity index (χ1v) is 15.4. The molecular formula is C30H32ClN3O6S. The fourth-order valence-corrected chi connectivity index (χ4v) is 5.91. The molecule has 1 saturated carbocycles. The smallest absolute Gasteiger partial charge is 0.242 e. The molecule has 0 radical (unpaired) electrons. The van der Waals surface area contributed by atoms with Crippen LogP contribution in [0.2, 0.25) is 5.02 Å². The molecule has 9 nitrogen and oxygen atoms in total. The Labute approximate surface area is 244 Å². The van der Waals surface area contributed by atoms with Crippen molar-refractivity contribution in [1.29, 1.82) is 0 Å². The number of fused-ring (bicyclic) bond motifs is 1. The largest absolute Gasteiger partial charge is 0.454 e. The minimum absolute atomic E-state index is 0.0279. The van der Waals surface area contributed by atoms with Gasteiger partial charge in [-0.1, -0.05) is 41.9 Å². The van der Waals surface area contributed by atoms with Gasteiger partial charge in [0, 0.05) is 30.6 Å². The summed E-state index contributed by atoms with van der Waals surface area (Å²) < 4.78 is 38.3. The van der Waals surface area contributed by atoms with E-state index in [1.807, 2.05) is 24.3 Å². The molecule has 2 N–H and O–H groups in total. The van der Waals surface area contributed by atoms with Crippen LogP contribution in [0.3, 0.4) is 0 Å². The Balaban J connectivity index is 1.23. The van der Waals surface area contributed by atoms with Gasteiger partial charge in [0.25, 0.3) is 0 Å². The quantitative estimate of drug-likeness (QED) is 0.324. The van der Waals surface area contributed by atoms with E-state index in [1.54, 1.807) is 54.3 Å². The van der Waals surface area contributed by atoms with Crippen LogP contribution in [0.1, 0.15) is 42.9 Å². The molecule has 2 aliphatic rings. The lowest BCUT2D eigenvalue weighted by molar-refractivity contribution is -0.140. The van der Waals surface area contributed by atoms with E-state index in [0.29, 0.717) is 22.9 Å². The highest BCUT2D eigenvalue weighted by Crippen LogP contribution is 2.32. The Bertz CT molecular complexity index is 1510. The van der Waals surface area contributed by atoms with E-state index in [2.05, 4.69) is 10.0 Å². The van der Waals surface area contributed by atoms with E-state index < -0.39 is 16.1 Å². The van der Waals surface area contributed by atoms with Crippen LogP contribution >= 0.6 is 11.6 Å². The van der Waals surface area contributed by atoms with E-state index in [9.17, 15) is 18.0 Å². The second-order valence-electron chi connectivity index (χ2n) is 10.3. The average molecular weight is 598 g/mol. The predicted octanol–water partition coefficient (Wildman–Crippen LogP) is 4.18. The normalized spacial score (nSPS) is 14.9. The van der Waals surface area contributed by atoms with Gasteiger partial charge < -0.3 is 19.7 Å². The molecule has 2 amide bonds. The van der Waals surface area contributed by atoms with Gasteiger partial charge in [-0.2, -0.15) is 0 Å². The first-order valence-electron chi connectivity index (χ1n) is 13.5. The lowest BCUT2D eigenvalue weighted by atomic mass is 10.1. The van der Waals surface area contributed by atoms with Crippen LogP contribution in [-0.2, 0) is 39.1 Å². The molecule has 3 aromatic carbocycles. The van der Waals surface area contributed by atoms with E-state index in [4.69, 9.17) is 21.1 Å². The fourth-order valence-electron chi connectivity index (χ4n) is 4.48. The minimum atomic E-state index is -3.54. The third-order valence-corrected chi connectivity index (χ3v) is 8.89. The van der Waals surface area contributed by atoms with Gasteiger partial charge in [-0.15, -0.1) is 0 Å². The summed E-state index contributed by atoms with van der Waals surface area (Å²) in [7, 11) is -3.54. The SMILES string of the molecule is CC(C(=O)NCc1ccc2c(c1)OCO2)N(Cc1ccc(Cl)cc1)C(=O)CCc1ccc(S(=O)(=O)NC2CC2)cc1. The van der Waals surface area contributed by atoms with Gasteiger partial charge in [-0.3, -0.25) is 9.59 Å². The Hall–Kier alpha value is -3.60. The molecule has 0 aromatic heterocycles. The van der Waals surface area contributed by atoms with Gasteiger partial charge >= 0.3 is 0 Å². The number of halogens is 1. The van der Waals surface area contributed by atoms with Gasteiger partial charge in [0.1, 0.15) is 6.04 Å². The monoisotopic (exact) mass is 597 g/mol. The number of aryl methyl sites for hydroxylation is 1. The lowest BCUT2D eigenvalue weighted by Crippen LogP contribution is -2.47. The van der Waals surface area contributed by atoms with Crippen LogP contribution in [0.4, 0.5) is 0 Å². The number of sulfonamides is 1. The second-order valence-corrected chi connectivity index (χ2v) is 12.4. The summed E-state index contributed by atoms with van der Waals surface area (Å²) in [6.07, 6.45) is 2.28. The third kappa shape index (κ3) is 7.58. The van der Waals surface area contributed by atoms with Crippen molar-refractivity contribution in [2.24, 2.45) is 0 Å². The number of carbonyl (C=O) groups is 2. The maximum absolute atomic E-state index is 13.5. The van der Waals surface area contributed by atoms with Gasteiger partial charge in [0.05, 0.1) is 4.90 Å². The van der Waals surface area contributed by atoms with Crippen LogP contribution < -0.4 is 19.5 Å².